The number of carbonyl (C=O) groups excluding carboxylic acids is 2. The van der Waals surface area contributed by atoms with Gasteiger partial charge < -0.3 is 20.4 Å². The van der Waals surface area contributed by atoms with Gasteiger partial charge in [0.1, 0.15) is 0 Å². The molecule has 0 aliphatic carbocycles. The number of hydrogen-bond donors (Lipinski definition) is 3. The summed E-state index contributed by atoms with van der Waals surface area (Å²) in [5.41, 5.74) is 0.950. The van der Waals surface area contributed by atoms with Crippen molar-refractivity contribution in [2.24, 2.45) is 0 Å². The van der Waals surface area contributed by atoms with E-state index in [1.54, 1.807) is 24.3 Å². The van der Waals surface area contributed by atoms with Gasteiger partial charge in [-0.2, -0.15) is 0 Å². The average Bonchev–Trinajstić information content (AvgIpc) is 2.68. The van der Waals surface area contributed by atoms with Crippen molar-refractivity contribution < 1.29 is 19.8 Å². The lowest BCUT2D eigenvalue weighted by molar-refractivity contribution is -0.114. The number of aliphatic hydroxyl groups is 2. The molecule has 1 aliphatic heterocycles. The van der Waals surface area contributed by atoms with Crippen LogP contribution >= 0.6 is 0 Å². The Morgan fingerprint density at radius 1 is 1.26 bits per heavy atom. The number of nitrogens with zero attached hydrogens (tertiary/aromatic N) is 1. The SMILES string of the molecule is CC(=O)Nc1cccc(C(=O)N2CC(O)C(O)C2)c1. The molecular weight excluding hydrogens is 248 g/mol. The number of β-amino-alcohol motifs (C(OH)–C–C–N with tert-alkyl or cyclic N) is 2. The van der Waals surface area contributed by atoms with Crippen LogP contribution in [0.5, 0.6) is 0 Å². The summed E-state index contributed by atoms with van der Waals surface area (Å²) in [6.07, 6.45) is -1.80. The molecule has 0 bridgehead atoms. The van der Waals surface area contributed by atoms with Crippen molar-refractivity contribution in [3.63, 3.8) is 0 Å². The smallest absolute Gasteiger partial charge is 0.254 e. The van der Waals surface area contributed by atoms with Gasteiger partial charge in [0.2, 0.25) is 5.91 Å². The molecule has 2 atom stereocenters. The highest BCUT2D eigenvalue weighted by Gasteiger charge is 2.32. The number of rotatable bonds is 2. The minimum absolute atomic E-state index is 0.115. The van der Waals surface area contributed by atoms with Crippen LogP contribution in [0.15, 0.2) is 24.3 Å². The first kappa shape index (κ1) is 13.5. The lowest BCUT2D eigenvalue weighted by Crippen LogP contribution is -2.29. The molecular formula is C13H16N2O4. The van der Waals surface area contributed by atoms with E-state index < -0.39 is 12.2 Å². The van der Waals surface area contributed by atoms with Crippen molar-refractivity contribution >= 4 is 17.5 Å². The third-order valence-electron chi connectivity index (χ3n) is 2.98. The maximum atomic E-state index is 12.2. The van der Waals surface area contributed by atoms with E-state index in [-0.39, 0.29) is 24.9 Å². The summed E-state index contributed by atoms with van der Waals surface area (Å²) in [7, 11) is 0. The fraction of sp³-hybridized carbons (Fsp3) is 0.385. The van der Waals surface area contributed by atoms with Crippen LogP contribution in [0.25, 0.3) is 0 Å². The van der Waals surface area contributed by atoms with E-state index in [0.29, 0.717) is 11.3 Å². The van der Waals surface area contributed by atoms with Gasteiger partial charge in [-0.3, -0.25) is 9.59 Å². The minimum Gasteiger partial charge on any atom is -0.388 e. The van der Waals surface area contributed by atoms with Crippen LogP contribution in [0.1, 0.15) is 17.3 Å². The third kappa shape index (κ3) is 3.10. The highest BCUT2D eigenvalue weighted by molar-refractivity contribution is 5.97. The van der Waals surface area contributed by atoms with Crippen LogP contribution in [0.2, 0.25) is 0 Å². The summed E-state index contributed by atoms with van der Waals surface area (Å²) in [4.78, 5) is 24.5. The van der Waals surface area contributed by atoms with Gasteiger partial charge in [0, 0.05) is 31.3 Å². The van der Waals surface area contributed by atoms with Crippen LogP contribution in [0.3, 0.4) is 0 Å². The Kier molecular flexibility index (Phi) is 3.82. The van der Waals surface area contributed by atoms with Gasteiger partial charge in [-0.1, -0.05) is 6.07 Å². The number of amides is 2. The van der Waals surface area contributed by atoms with E-state index >= 15 is 0 Å². The monoisotopic (exact) mass is 264 g/mol. The molecule has 6 nitrogen and oxygen atoms in total. The Morgan fingerprint density at radius 3 is 2.47 bits per heavy atom. The molecule has 2 amide bonds. The van der Waals surface area contributed by atoms with E-state index in [4.69, 9.17) is 0 Å². The van der Waals surface area contributed by atoms with E-state index in [1.807, 2.05) is 0 Å². The number of aliphatic hydroxyl groups excluding tert-OH is 2. The highest BCUT2D eigenvalue weighted by atomic mass is 16.3. The van der Waals surface area contributed by atoms with Gasteiger partial charge in [-0.05, 0) is 18.2 Å². The number of anilines is 1. The minimum atomic E-state index is -0.900. The largest absolute Gasteiger partial charge is 0.388 e. The molecule has 1 fully saturated rings. The van der Waals surface area contributed by atoms with Crippen molar-refractivity contribution in [3.05, 3.63) is 29.8 Å². The standard InChI is InChI=1S/C13H16N2O4/c1-8(16)14-10-4-2-3-9(5-10)13(19)15-6-11(17)12(18)7-15/h2-5,11-12,17-18H,6-7H2,1H3,(H,14,16). The zero-order valence-electron chi connectivity index (χ0n) is 10.5. The predicted octanol–water partition coefficient (Wildman–Crippen LogP) is -0.177. The number of carbonyl (C=O) groups is 2. The number of likely N-dealkylation sites (tertiary alicyclic amines) is 1. The van der Waals surface area contributed by atoms with Crippen molar-refractivity contribution in [2.45, 2.75) is 19.1 Å². The van der Waals surface area contributed by atoms with Crippen molar-refractivity contribution in [1.82, 2.24) is 4.90 Å². The molecule has 19 heavy (non-hydrogen) atoms. The average molecular weight is 264 g/mol. The molecule has 0 radical (unpaired) electrons. The Balaban J connectivity index is 2.13. The topological polar surface area (TPSA) is 89.9 Å². The molecule has 1 aromatic rings. The lowest BCUT2D eigenvalue weighted by atomic mass is 10.1. The van der Waals surface area contributed by atoms with Gasteiger partial charge >= 0.3 is 0 Å². The molecule has 6 heteroatoms. The molecule has 1 heterocycles. The first-order valence-corrected chi connectivity index (χ1v) is 6.00. The zero-order chi connectivity index (χ0) is 14.0. The molecule has 1 saturated heterocycles. The quantitative estimate of drug-likeness (QED) is 0.691. The maximum Gasteiger partial charge on any atom is 0.254 e. The predicted molar refractivity (Wildman–Crippen MR) is 68.7 cm³/mol. The fourth-order valence-electron chi connectivity index (χ4n) is 2.05. The fourth-order valence-corrected chi connectivity index (χ4v) is 2.05. The van der Waals surface area contributed by atoms with E-state index in [0.717, 1.165) is 0 Å². The summed E-state index contributed by atoms with van der Waals surface area (Å²) in [5.74, 6) is -0.487. The number of benzene rings is 1. The first-order valence-electron chi connectivity index (χ1n) is 6.00. The van der Waals surface area contributed by atoms with Crippen LogP contribution in [0, 0.1) is 0 Å². The van der Waals surface area contributed by atoms with Gasteiger partial charge in [0.25, 0.3) is 5.91 Å². The van der Waals surface area contributed by atoms with Crippen molar-refractivity contribution in [3.8, 4) is 0 Å². The second-order valence-corrected chi connectivity index (χ2v) is 4.61. The van der Waals surface area contributed by atoms with E-state index in [2.05, 4.69) is 5.32 Å². The Morgan fingerprint density at radius 2 is 1.89 bits per heavy atom. The molecule has 0 spiro atoms. The Bertz CT molecular complexity index is 493. The van der Waals surface area contributed by atoms with Crippen molar-refractivity contribution in [1.29, 1.82) is 0 Å². The maximum absolute atomic E-state index is 12.2. The van der Waals surface area contributed by atoms with Crippen LogP contribution in [-0.4, -0.2) is 52.2 Å². The molecule has 0 aromatic heterocycles. The molecule has 2 unspecified atom stereocenters. The summed E-state index contributed by atoms with van der Waals surface area (Å²) in [6.45, 7) is 1.62. The van der Waals surface area contributed by atoms with Gasteiger partial charge in [0.05, 0.1) is 12.2 Å². The molecule has 2 rings (SSSR count). The van der Waals surface area contributed by atoms with Gasteiger partial charge in [-0.15, -0.1) is 0 Å². The molecule has 102 valence electrons. The Hall–Kier alpha value is -1.92. The van der Waals surface area contributed by atoms with Gasteiger partial charge in [0.15, 0.2) is 0 Å². The third-order valence-corrected chi connectivity index (χ3v) is 2.98. The Labute approximate surface area is 110 Å². The van der Waals surface area contributed by atoms with Gasteiger partial charge in [-0.25, -0.2) is 0 Å². The normalized spacial score (nSPS) is 22.4. The van der Waals surface area contributed by atoms with Crippen LogP contribution in [-0.2, 0) is 4.79 Å². The first-order chi connectivity index (χ1) is 8.97. The molecule has 3 N–H and O–H groups in total. The van der Waals surface area contributed by atoms with E-state index in [1.165, 1.54) is 11.8 Å². The second kappa shape index (κ2) is 5.38. The zero-order valence-corrected chi connectivity index (χ0v) is 10.5. The van der Waals surface area contributed by atoms with E-state index in [9.17, 15) is 19.8 Å². The summed E-state index contributed by atoms with van der Waals surface area (Å²) < 4.78 is 0. The summed E-state index contributed by atoms with van der Waals surface area (Å²) in [5, 5.41) is 21.5. The number of hydrogen-bond acceptors (Lipinski definition) is 4. The summed E-state index contributed by atoms with van der Waals surface area (Å²) >= 11 is 0. The summed E-state index contributed by atoms with van der Waals surface area (Å²) in [6, 6.07) is 6.55. The van der Waals surface area contributed by atoms with Crippen molar-refractivity contribution in [2.75, 3.05) is 18.4 Å². The number of nitrogens with one attached hydrogen (secondary N) is 1. The second-order valence-electron chi connectivity index (χ2n) is 4.61. The highest BCUT2D eigenvalue weighted by Crippen LogP contribution is 2.17. The van der Waals surface area contributed by atoms with Crippen LogP contribution < -0.4 is 5.32 Å². The molecule has 0 saturated carbocycles. The molecule has 1 aliphatic rings. The van der Waals surface area contributed by atoms with Crippen LogP contribution in [0.4, 0.5) is 5.69 Å². The lowest BCUT2D eigenvalue weighted by Gasteiger charge is -2.15. The molecule has 1 aromatic carbocycles.